The fourth-order valence-corrected chi connectivity index (χ4v) is 2.37. The molecule has 0 bridgehead atoms. The van der Waals surface area contributed by atoms with E-state index in [4.69, 9.17) is 9.47 Å². The monoisotopic (exact) mass is 393 g/mol. The van der Waals surface area contributed by atoms with Crippen molar-refractivity contribution in [1.82, 2.24) is 0 Å². The number of hydrogen-bond acceptors (Lipinski definition) is 8. The minimum absolute atomic E-state index is 0.0141. The molecular formula is C20H27NO7. The van der Waals surface area contributed by atoms with Gasteiger partial charge in [-0.1, -0.05) is 13.5 Å². The van der Waals surface area contributed by atoms with Crippen molar-refractivity contribution in [2.45, 2.75) is 58.7 Å². The van der Waals surface area contributed by atoms with E-state index >= 15 is 0 Å². The number of aromatic hydroxyl groups is 2. The Balaban J connectivity index is 2.90. The van der Waals surface area contributed by atoms with E-state index in [9.17, 15) is 24.7 Å². The van der Waals surface area contributed by atoms with Gasteiger partial charge in [-0.15, -0.1) is 4.91 Å². The summed E-state index contributed by atoms with van der Waals surface area (Å²) in [4.78, 5) is 35.2. The third-order valence-electron chi connectivity index (χ3n) is 4.42. The predicted octanol–water partition coefficient (Wildman–Crippen LogP) is 4.15. The summed E-state index contributed by atoms with van der Waals surface area (Å²) in [6.07, 6.45) is 0.645. The number of phenolic OH excluding ortho intramolecular Hbond substituents is 2. The molecule has 0 heterocycles. The molecule has 1 atom stereocenters. The van der Waals surface area contributed by atoms with Gasteiger partial charge in [0.05, 0.1) is 6.61 Å². The Bertz CT molecular complexity index is 762. The van der Waals surface area contributed by atoms with Gasteiger partial charge in [-0.05, 0) is 51.4 Å². The molecule has 8 heteroatoms. The van der Waals surface area contributed by atoms with Crippen LogP contribution in [0.25, 0.3) is 0 Å². The summed E-state index contributed by atoms with van der Waals surface area (Å²) in [5.41, 5.74) is -2.32. The zero-order chi connectivity index (χ0) is 21.7. The van der Waals surface area contributed by atoms with Crippen molar-refractivity contribution in [3.8, 4) is 11.5 Å². The molecule has 154 valence electrons. The highest BCUT2D eigenvalue weighted by atomic mass is 16.6. The van der Waals surface area contributed by atoms with Gasteiger partial charge >= 0.3 is 5.97 Å². The van der Waals surface area contributed by atoms with Crippen molar-refractivity contribution in [3.05, 3.63) is 34.8 Å². The van der Waals surface area contributed by atoms with E-state index < -0.39 is 40.1 Å². The number of nitroso groups, excluding NO2 is 1. The number of rotatable bonds is 10. The van der Waals surface area contributed by atoms with Crippen molar-refractivity contribution in [2.24, 2.45) is 5.18 Å². The fraction of sp³-hybridized carbons (Fsp3) is 0.500. The fourth-order valence-electron chi connectivity index (χ4n) is 2.37. The first-order valence-corrected chi connectivity index (χ1v) is 8.84. The first-order valence-electron chi connectivity index (χ1n) is 8.84. The van der Waals surface area contributed by atoms with Gasteiger partial charge in [0.15, 0.2) is 11.5 Å². The molecule has 2 N–H and O–H groups in total. The van der Waals surface area contributed by atoms with Gasteiger partial charge in [-0.2, -0.15) is 0 Å². The first-order chi connectivity index (χ1) is 12.9. The summed E-state index contributed by atoms with van der Waals surface area (Å²) in [5, 5.41) is 22.1. The van der Waals surface area contributed by atoms with E-state index in [-0.39, 0.29) is 17.7 Å². The smallest absolute Gasteiger partial charge is 0.333 e. The van der Waals surface area contributed by atoms with Gasteiger partial charge in [0, 0.05) is 17.6 Å². The van der Waals surface area contributed by atoms with Gasteiger partial charge in [-0.25, -0.2) is 4.79 Å². The van der Waals surface area contributed by atoms with E-state index in [0.717, 1.165) is 12.1 Å². The third kappa shape index (κ3) is 5.63. The summed E-state index contributed by atoms with van der Waals surface area (Å²) in [7, 11) is 0. The summed E-state index contributed by atoms with van der Waals surface area (Å²) in [6.45, 7) is 12.0. The Labute approximate surface area is 164 Å². The van der Waals surface area contributed by atoms with Crippen LogP contribution >= 0.6 is 0 Å². The van der Waals surface area contributed by atoms with Gasteiger partial charge in [-0.3, -0.25) is 4.79 Å². The van der Waals surface area contributed by atoms with Gasteiger partial charge < -0.3 is 19.7 Å². The number of hydrogen-bond donors (Lipinski definition) is 2. The molecule has 8 nitrogen and oxygen atoms in total. The lowest BCUT2D eigenvalue weighted by molar-refractivity contribution is -0.153. The topological polar surface area (TPSA) is 122 Å². The highest BCUT2D eigenvalue weighted by Crippen LogP contribution is 2.38. The van der Waals surface area contributed by atoms with Crippen LogP contribution in [0.4, 0.5) is 5.69 Å². The quantitative estimate of drug-likeness (QED) is 0.265. The van der Waals surface area contributed by atoms with Crippen LogP contribution in [0.1, 0.15) is 57.8 Å². The lowest BCUT2D eigenvalue weighted by Crippen LogP contribution is -2.40. The number of Topliss-reactive ketones (excluding diaryl/α,β-unsaturated/α-hetero) is 1. The Kier molecular flexibility index (Phi) is 7.46. The molecule has 0 aliphatic rings. The van der Waals surface area contributed by atoms with Crippen LogP contribution in [0.5, 0.6) is 11.5 Å². The zero-order valence-corrected chi connectivity index (χ0v) is 16.9. The van der Waals surface area contributed by atoms with Crippen molar-refractivity contribution >= 4 is 17.4 Å². The minimum Gasteiger partial charge on any atom is -0.505 e. The molecule has 1 aromatic carbocycles. The standard InChI is InChI=1S/C20H27NO7/c1-7-20(6,27-9-8-19(4,5)28-18(25)12(2)3)17(24)13-10-14(22)16(21-26)15(23)11-13/h10-11,22-23H,2,7-9H2,1,3-6H3. The summed E-state index contributed by atoms with van der Waals surface area (Å²) in [6, 6.07) is 2.13. The zero-order valence-electron chi connectivity index (χ0n) is 16.9. The van der Waals surface area contributed by atoms with Gasteiger partial charge in [0.25, 0.3) is 0 Å². The maximum atomic E-state index is 12.9. The number of carbonyl (C=O) groups is 2. The predicted molar refractivity (Wildman–Crippen MR) is 104 cm³/mol. The number of ether oxygens (including phenoxy) is 2. The lowest BCUT2D eigenvalue weighted by atomic mass is 9.91. The van der Waals surface area contributed by atoms with Crippen LogP contribution in [-0.2, 0) is 14.3 Å². The molecule has 0 radical (unpaired) electrons. The number of esters is 1. The van der Waals surface area contributed by atoms with Crippen molar-refractivity contribution in [3.63, 3.8) is 0 Å². The molecule has 1 unspecified atom stereocenters. The van der Waals surface area contributed by atoms with Crippen LogP contribution in [0, 0.1) is 4.91 Å². The van der Waals surface area contributed by atoms with E-state index in [1.807, 2.05) is 0 Å². The Morgan fingerprint density at radius 1 is 1.18 bits per heavy atom. The molecule has 0 aliphatic carbocycles. The number of nitrogens with zero attached hydrogens (tertiary/aromatic N) is 1. The number of phenols is 2. The second-order valence-electron chi connectivity index (χ2n) is 7.40. The minimum atomic E-state index is -1.25. The van der Waals surface area contributed by atoms with Crippen LogP contribution in [0.3, 0.4) is 0 Å². The van der Waals surface area contributed by atoms with E-state index in [1.54, 1.807) is 34.6 Å². The average Bonchev–Trinajstić information content (AvgIpc) is 2.59. The molecule has 0 spiro atoms. The summed E-state index contributed by atoms with van der Waals surface area (Å²) in [5.74, 6) is -2.17. The largest absolute Gasteiger partial charge is 0.505 e. The molecule has 0 aromatic heterocycles. The Morgan fingerprint density at radius 3 is 2.14 bits per heavy atom. The molecule has 1 aromatic rings. The van der Waals surface area contributed by atoms with Crippen LogP contribution in [0.15, 0.2) is 29.5 Å². The summed E-state index contributed by atoms with van der Waals surface area (Å²) >= 11 is 0. The second kappa shape index (κ2) is 8.97. The van der Waals surface area contributed by atoms with Crippen LogP contribution in [0.2, 0.25) is 0 Å². The van der Waals surface area contributed by atoms with Crippen molar-refractivity contribution in [2.75, 3.05) is 6.61 Å². The van der Waals surface area contributed by atoms with Crippen LogP contribution in [-0.4, -0.2) is 39.8 Å². The maximum absolute atomic E-state index is 12.9. The van der Waals surface area contributed by atoms with E-state index in [0.29, 0.717) is 12.8 Å². The Hall–Kier alpha value is -2.74. The molecule has 0 fully saturated rings. The van der Waals surface area contributed by atoms with Crippen LogP contribution < -0.4 is 0 Å². The normalized spacial score (nSPS) is 13.5. The Morgan fingerprint density at radius 2 is 1.71 bits per heavy atom. The molecule has 0 amide bonds. The first kappa shape index (κ1) is 23.3. The highest BCUT2D eigenvalue weighted by Gasteiger charge is 2.35. The lowest BCUT2D eigenvalue weighted by Gasteiger charge is -2.30. The highest BCUT2D eigenvalue weighted by molar-refractivity contribution is 6.03. The van der Waals surface area contributed by atoms with E-state index in [1.165, 1.54) is 0 Å². The molecule has 28 heavy (non-hydrogen) atoms. The number of benzene rings is 1. The molecule has 0 aliphatic heterocycles. The van der Waals surface area contributed by atoms with Gasteiger partial charge in [0.1, 0.15) is 22.7 Å². The SMILES string of the molecule is C=C(C)C(=O)OC(C)(C)CCOC(C)(CC)C(=O)c1cc(O)c(N=O)c(O)c1. The van der Waals surface area contributed by atoms with E-state index in [2.05, 4.69) is 11.8 Å². The molecule has 0 saturated heterocycles. The van der Waals surface area contributed by atoms with Crippen molar-refractivity contribution < 1.29 is 29.3 Å². The third-order valence-corrected chi connectivity index (χ3v) is 4.42. The van der Waals surface area contributed by atoms with Gasteiger partial charge in [0.2, 0.25) is 0 Å². The molecule has 1 rings (SSSR count). The average molecular weight is 393 g/mol. The number of carbonyl (C=O) groups excluding carboxylic acids is 2. The number of ketones is 1. The molecule has 0 saturated carbocycles. The molecular weight excluding hydrogens is 366 g/mol. The maximum Gasteiger partial charge on any atom is 0.333 e. The van der Waals surface area contributed by atoms with Crippen molar-refractivity contribution in [1.29, 1.82) is 0 Å². The summed E-state index contributed by atoms with van der Waals surface area (Å²) < 4.78 is 11.1. The second-order valence-corrected chi connectivity index (χ2v) is 7.40.